The van der Waals surface area contributed by atoms with E-state index >= 15 is 0 Å². The number of carbonyl (C=O) groups is 1. The fraction of sp³-hybridized carbons (Fsp3) is 0.278. The molecule has 2 aromatic carbocycles. The van der Waals surface area contributed by atoms with Crippen LogP contribution in [-0.4, -0.2) is 5.78 Å². The average molecular weight is 252 g/mol. The molecule has 0 radical (unpaired) electrons. The smallest absolute Gasteiger partial charge is 0.155 e. The van der Waals surface area contributed by atoms with E-state index in [0.717, 1.165) is 12.0 Å². The van der Waals surface area contributed by atoms with Crippen LogP contribution in [0.4, 0.5) is 0 Å². The molecular formula is C18H20O. The van der Waals surface area contributed by atoms with Gasteiger partial charge in [-0.05, 0) is 40.8 Å². The van der Waals surface area contributed by atoms with Gasteiger partial charge in [0.1, 0.15) is 0 Å². The zero-order valence-corrected chi connectivity index (χ0v) is 11.6. The monoisotopic (exact) mass is 252 g/mol. The zero-order valence-electron chi connectivity index (χ0n) is 11.6. The molecule has 1 heteroatoms. The average Bonchev–Trinajstić information content (AvgIpc) is 2.42. The van der Waals surface area contributed by atoms with Crippen LogP contribution in [0.1, 0.15) is 32.3 Å². The maximum absolute atomic E-state index is 11.7. The molecule has 98 valence electrons. The van der Waals surface area contributed by atoms with E-state index in [9.17, 15) is 4.79 Å². The summed E-state index contributed by atoms with van der Waals surface area (Å²) in [5, 5.41) is 2.44. The summed E-state index contributed by atoms with van der Waals surface area (Å²) in [5.74, 6) is 0.792. The van der Waals surface area contributed by atoms with E-state index in [1.54, 1.807) is 6.08 Å². The first-order valence-electron chi connectivity index (χ1n) is 6.85. The standard InChI is InChI=1S/C18H20O/c1-14(2)7-11-18(19)12-9-15-8-10-16-5-3-4-6-17(16)13-15/h3-6,8-10,12-14H,7,11H2,1-2H3/b12-9+. The van der Waals surface area contributed by atoms with Gasteiger partial charge in [0.05, 0.1) is 0 Å². The minimum Gasteiger partial charge on any atom is -0.295 e. The summed E-state index contributed by atoms with van der Waals surface area (Å²) in [7, 11) is 0. The summed E-state index contributed by atoms with van der Waals surface area (Å²) >= 11 is 0. The molecule has 0 saturated heterocycles. The lowest BCUT2D eigenvalue weighted by Crippen LogP contribution is -1.96. The molecule has 0 bridgehead atoms. The third-order valence-corrected chi connectivity index (χ3v) is 3.20. The molecule has 0 aliphatic carbocycles. The van der Waals surface area contributed by atoms with Gasteiger partial charge < -0.3 is 0 Å². The largest absolute Gasteiger partial charge is 0.295 e. The van der Waals surface area contributed by atoms with Crippen molar-refractivity contribution in [3.05, 3.63) is 54.1 Å². The molecule has 19 heavy (non-hydrogen) atoms. The molecule has 0 heterocycles. The van der Waals surface area contributed by atoms with E-state index in [0.29, 0.717) is 12.3 Å². The summed E-state index contributed by atoms with van der Waals surface area (Å²) in [6.07, 6.45) is 5.21. The molecule has 0 saturated carbocycles. The van der Waals surface area contributed by atoms with Crippen LogP contribution in [0.25, 0.3) is 16.8 Å². The maximum Gasteiger partial charge on any atom is 0.155 e. The Labute approximate surface area is 115 Å². The van der Waals surface area contributed by atoms with Gasteiger partial charge in [0.15, 0.2) is 5.78 Å². The molecule has 0 unspecified atom stereocenters. The van der Waals surface area contributed by atoms with Crippen LogP contribution in [0, 0.1) is 5.92 Å². The minimum absolute atomic E-state index is 0.210. The van der Waals surface area contributed by atoms with E-state index < -0.39 is 0 Å². The van der Waals surface area contributed by atoms with Crippen molar-refractivity contribution in [3.8, 4) is 0 Å². The van der Waals surface area contributed by atoms with Crippen molar-refractivity contribution >= 4 is 22.6 Å². The van der Waals surface area contributed by atoms with Gasteiger partial charge >= 0.3 is 0 Å². The molecule has 0 aliphatic heterocycles. The first kappa shape index (κ1) is 13.5. The van der Waals surface area contributed by atoms with Gasteiger partial charge in [-0.3, -0.25) is 4.79 Å². The van der Waals surface area contributed by atoms with Gasteiger partial charge in [-0.15, -0.1) is 0 Å². The Bertz CT molecular complexity index is 593. The van der Waals surface area contributed by atoms with Crippen LogP contribution >= 0.6 is 0 Å². The molecule has 0 atom stereocenters. The Morgan fingerprint density at radius 1 is 1.11 bits per heavy atom. The number of hydrogen-bond donors (Lipinski definition) is 0. The SMILES string of the molecule is CC(C)CCC(=O)/C=C/c1ccc2ccccc2c1. The lowest BCUT2D eigenvalue weighted by Gasteiger charge is -2.01. The van der Waals surface area contributed by atoms with Crippen molar-refractivity contribution in [3.63, 3.8) is 0 Å². The van der Waals surface area contributed by atoms with Crippen molar-refractivity contribution in [1.82, 2.24) is 0 Å². The molecule has 2 aromatic rings. The van der Waals surface area contributed by atoms with E-state index in [-0.39, 0.29) is 5.78 Å². The van der Waals surface area contributed by atoms with Crippen molar-refractivity contribution < 1.29 is 4.79 Å². The van der Waals surface area contributed by atoms with Crippen molar-refractivity contribution in [1.29, 1.82) is 0 Å². The fourth-order valence-corrected chi connectivity index (χ4v) is 2.01. The van der Waals surface area contributed by atoms with E-state index in [4.69, 9.17) is 0 Å². The number of ketones is 1. The van der Waals surface area contributed by atoms with Gasteiger partial charge in [-0.1, -0.05) is 56.3 Å². The van der Waals surface area contributed by atoms with E-state index in [1.165, 1.54) is 10.8 Å². The number of carbonyl (C=O) groups excluding carboxylic acids is 1. The summed E-state index contributed by atoms with van der Waals surface area (Å²) in [6.45, 7) is 4.28. The van der Waals surface area contributed by atoms with Crippen molar-refractivity contribution in [2.24, 2.45) is 5.92 Å². The highest BCUT2D eigenvalue weighted by atomic mass is 16.1. The second-order valence-corrected chi connectivity index (χ2v) is 5.34. The molecule has 1 nitrogen and oxygen atoms in total. The van der Waals surface area contributed by atoms with Crippen LogP contribution in [-0.2, 0) is 4.79 Å². The Hall–Kier alpha value is -1.89. The number of benzene rings is 2. The highest BCUT2D eigenvalue weighted by Crippen LogP contribution is 2.16. The number of hydrogen-bond acceptors (Lipinski definition) is 1. The van der Waals surface area contributed by atoms with E-state index in [2.05, 4.69) is 44.2 Å². The quantitative estimate of drug-likeness (QED) is 0.695. The topological polar surface area (TPSA) is 17.1 Å². The lowest BCUT2D eigenvalue weighted by atomic mass is 10.0. The van der Waals surface area contributed by atoms with Gasteiger partial charge in [-0.2, -0.15) is 0 Å². The maximum atomic E-state index is 11.7. The van der Waals surface area contributed by atoms with Crippen LogP contribution in [0.3, 0.4) is 0 Å². The second kappa shape index (κ2) is 6.33. The first-order valence-corrected chi connectivity index (χ1v) is 6.85. The molecule has 0 aromatic heterocycles. The van der Waals surface area contributed by atoms with Crippen molar-refractivity contribution in [2.75, 3.05) is 0 Å². The fourth-order valence-electron chi connectivity index (χ4n) is 2.01. The van der Waals surface area contributed by atoms with Gasteiger partial charge in [-0.25, -0.2) is 0 Å². The third kappa shape index (κ3) is 4.06. The Balaban J connectivity index is 2.06. The first-order chi connectivity index (χ1) is 9.15. The number of fused-ring (bicyclic) bond motifs is 1. The van der Waals surface area contributed by atoms with Crippen molar-refractivity contribution in [2.45, 2.75) is 26.7 Å². The van der Waals surface area contributed by atoms with Crippen LogP contribution in [0.15, 0.2) is 48.5 Å². The summed E-state index contributed by atoms with van der Waals surface area (Å²) in [6, 6.07) is 14.5. The predicted molar refractivity (Wildman–Crippen MR) is 82.1 cm³/mol. The Kier molecular flexibility index (Phi) is 4.51. The van der Waals surface area contributed by atoms with Crippen LogP contribution < -0.4 is 0 Å². The zero-order chi connectivity index (χ0) is 13.7. The molecule has 0 aliphatic rings. The molecule has 0 fully saturated rings. The molecule has 2 rings (SSSR count). The number of rotatable bonds is 5. The number of allylic oxidation sites excluding steroid dienone is 1. The van der Waals surface area contributed by atoms with Gasteiger partial charge in [0.25, 0.3) is 0 Å². The van der Waals surface area contributed by atoms with Crippen LogP contribution in [0.2, 0.25) is 0 Å². The second-order valence-electron chi connectivity index (χ2n) is 5.34. The molecule has 0 amide bonds. The Morgan fingerprint density at radius 3 is 2.58 bits per heavy atom. The summed E-state index contributed by atoms with van der Waals surface area (Å²) < 4.78 is 0. The van der Waals surface area contributed by atoms with Gasteiger partial charge in [0, 0.05) is 6.42 Å². The predicted octanol–water partition coefficient (Wildman–Crippen LogP) is 4.86. The molecule has 0 N–H and O–H groups in total. The van der Waals surface area contributed by atoms with E-state index in [1.807, 2.05) is 18.2 Å². The van der Waals surface area contributed by atoms with Gasteiger partial charge in [0.2, 0.25) is 0 Å². The minimum atomic E-state index is 0.210. The third-order valence-electron chi connectivity index (χ3n) is 3.20. The summed E-state index contributed by atoms with van der Waals surface area (Å²) in [4.78, 5) is 11.7. The molecular weight excluding hydrogens is 232 g/mol. The normalized spacial score (nSPS) is 11.5. The van der Waals surface area contributed by atoms with Crippen LogP contribution in [0.5, 0.6) is 0 Å². The highest BCUT2D eigenvalue weighted by Gasteiger charge is 2.00. The highest BCUT2D eigenvalue weighted by molar-refractivity contribution is 5.94. The Morgan fingerprint density at radius 2 is 1.84 bits per heavy atom. The lowest BCUT2D eigenvalue weighted by molar-refractivity contribution is -0.114. The summed E-state index contributed by atoms with van der Waals surface area (Å²) in [5.41, 5.74) is 1.08. The molecule has 0 spiro atoms.